The zero-order valence-corrected chi connectivity index (χ0v) is 11.0. The SMILES string of the molecule is CC1(C)CCC(O)(Cc2ccc(F)c(F)c2)CC1. The molecule has 1 N–H and O–H groups in total. The van der Waals surface area contributed by atoms with E-state index < -0.39 is 17.2 Å². The van der Waals surface area contributed by atoms with Crippen LogP contribution in [0.2, 0.25) is 0 Å². The first kappa shape index (κ1) is 13.5. The van der Waals surface area contributed by atoms with Crippen molar-refractivity contribution in [3.63, 3.8) is 0 Å². The Morgan fingerprint density at radius 2 is 1.67 bits per heavy atom. The van der Waals surface area contributed by atoms with Crippen LogP contribution in [0.25, 0.3) is 0 Å². The fourth-order valence-electron chi connectivity index (χ4n) is 2.60. The third-order valence-electron chi connectivity index (χ3n) is 4.05. The van der Waals surface area contributed by atoms with Crippen LogP contribution in [0.3, 0.4) is 0 Å². The summed E-state index contributed by atoms with van der Waals surface area (Å²) in [5.74, 6) is -1.68. The Bertz CT molecular complexity index is 430. The van der Waals surface area contributed by atoms with Crippen molar-refractivity contribution in [3.8, 4) is 0 Å². The van der Waals surface area contributed by atoms with Crippen LogP contribution < -0.4 is 0 Å². The molecule has 0 radical (unpaired) electrons. The summed E-state index contributed by atoms with van der Waals surface area (Å²) in [7, 11) is 0. The van der Waals surface area contributed by atoms with Gasteiger partial charge in [0.15, 0.2) is 11.6 Å². The molecule has 0 amide bonds. The lowest BCUT2D eigenvalue weighted by molar-refractivity contribution is -0.0251. The summed E-state index contributed by atoms with van der Waals surface area (Å²) in [4.78, 5) is 0. The van der Waals surface area contributed by atoms with Gasteiger partial charge in [-0.25, -0.2) is 8.78 Å². The Balaban J connectivity index is 2.07. The van der Waals surface area contributed by atoms with E-state index in [2.05, 4.69) is 13.8 Å². The highest BCUT2D eigenvalue weighted by Crippen LogP contribution is 2.41. The predicted molar refractivity (Wildman–Crippen MR) is 67.3 cm³/mol. The zero-order chi connectivity index (χ0) is 13.4. The summed E-state index contributed by atoms with van der Waals surface area (Å²) >= 11 is 0. The molecule has 0 unspecified atom stereocenters. The highest BCUT2D eigenvalue weighted by Gasteiger charge is 2.36. The molecule has 1 nitrogen and oxygen atoms in total. The summed E-state index contributed by atoms with van der Waals surface area (Å²) in [6.45, 7) is 4.40. The molecule has 0 saturated heterocycles. The summed E-state index contributed by atoms with van der Waals surface area (Å²) in [5, 5.41) is 10.5. The van der Waals surface area contributed by atoms with Gasteiger partial charge in [-0.3, -0.25) is 0 Å². The van der Waals surface area contributed by atoms with Gasteiger partial charge in [-0.2, -0.15) is 0 Å². The van der Waals surface area contributed by atoms with Gasteiger partial charge in [0.1, 0.15) is 0 Å². The molecule has 1 aliphatic carbocycles. The lowest BCUT2D eigenvalue weighted by Crippen LogP contribution is -2.38. The molecule has 0 bridgehead atoms. The molecular formula is C15H20F2O. The van der Waals surface area contributed by atoms with E-state index in [0.717, 1.165) is 31.7 Å². The topological polar surface area (TPSA) is 20.2 Å². The normalized spacial score (nSPS) is 21.8. The van der Waals surface area contributed by atoms with Crippen molar-refractivity contribution in [2.45, 2.75) is 51.6 Å². The van der Waals surface area contributed by atoms with E-state index in [4.69, 9.17) is 0 Å². The minimum Gasteiger partial charge on any atom is -0.390 e. The second-order valence-corrected chi connectivity index (χ2v) is 6.31. The fraction of sp³-hybridized carbons (Fsp3) is 0.600. The van der Waals surface area contributed by atoms with Crippen LogP contribution in [0.5, 0.6) is 0 Å². The zero-order valence-electron chi connectivity index (χ0n) is 11.0. The maximum absolute atomic E-state index is 13.1. The smallest absolute Gasteiger partial charge is 0.159 e. The Morgan fingerprint density at radius 1 is 1.06 bits per heavy atom. The van der Waals surface area contributed by atoms with Crippen molar-refractivity contribution >= 4 is 0 Å². The van der Waals surface area contributed by atoms with E-state index in [-0.39, 0.29) is 5.41 Å². The Labute approximate surface area is 107 Å². The van der Waals surface area contributed by atoms with Crippen molar-refractivity contribution in [2.24, 2.45) is 5.41 Å². The van der Waals surface area contributed by atoms with Crippen molar-refractivity contribution in [2.75, 3.05) is 0 Å². The van der Waals surface area contributed by atoms with Crippen LogP contribution in [0.4, 0.5) is 8.78 Å². The largest absolute Gasteiger partial charge is 0.390 e. The average molecular weight is 254 g/mol. The summed E-state index contributed by atoms with van der Waals surface area (Å²) in [6.07, 6.45) is 3.78. The first-order valence-corrected chi connectivity index (χ1v) is 6.46. The van der Waals surface area contributed by atoms with Crippen LogP contribution in [-0.4, -0.2) is 10.7 Å². The van der Waals surface area contributed by atoms with Crippen LogP contribution >= 0.6 is 0 Å². The lowest BCUT2D eigenvalue weighted by atomic mass is 9.69. The molecule has 0 heterocycles. The van der Waals surface area contributed by atoms with Crippen LogP contribution in [0.1, 0.15) is 45.1 Å². The number of benzene rings is 1. The van der Waals surface area contributed by atoms with Crippen molar-refractivity contribution in [1.29, 1.82) is 0 Å². The minimum absolute atomic E-state index is 0.278. The summed E-state index contributed by atoms with van der Waals surface area (Å²) < 4.78 is 26.0. The van der Waals surface area contributed by atoms with E-state index >= 15 is 0 Å². The second-order valence-electron chi connectivity index (χ2n) is 6.31. The number of hydrogen-bond acceptors (Lipinski definition) is 1. The molecular weight excluding hydrogens is 234 g/mol. The number of rotatable bonds is 2. The number of hydrogen-bond donors (Lipinski definition) is 1. The third-order valence-corrected chi connectivity index (χ3v) is 4.05. The van der Waals surface area contributed by atoms with E-state index in [1.54, 1.807) is 6.07 Å². The molecule has 1 fully saturated rings. The minimum atomic E-state index is -0.841. The molecule has 1 aliphatic rings. The molecule has 1 aromatic rings. The van der Waals surface area contributed by atoms with Gasteiger partial charge in [-0.15, -0.1) is 0 Å². The average Bonchev–Trinajstić information content (AvgIpc) is 2.29. The molecule has 0 aliphatic heterocycles. The lowest BCUT2D eigenvalue weighted by Gasteiger charge is -2.40. The summed E-state index contributed by atoms with van der Waals surface area (Å²) in [5.41, 5.74) is 0.177. The van der Waals surface area contributed by atoms with Crippen molar-refractivity contribution in [1.82, 2.24) is 0 Å². The Hall–Kier alpha value is -0.960. The molecule has 1 aromatic carbocycles. The first-order chi connectivity index (χ1) is 8.30. The maximum atomic E-state index is 13.1. The van der Waals surface area contributed by atoms with Gasteiger partial charge < -0.3 is 5.11 Å². The monoisotopic (exact) mass is 254 g/mol. The van der Waals surface area contributed by atoms with Gasteiger partial charge in [0.25, 0.3) is 0 Å². The molecule has 0 aromatic heterocycles. The fourth-order valence-corrected chi connectivity index (χ4v) is 2.60. The number of aliphatic hydroxyl groups is 1. The van der Waals surface area contributed by atoms with Gasteiger partial charge in [0, 0.05) is 6.42 Å². The van der Waals surface area contributed by atoms with E-state index in [0.29, 0.717) is 12.0 Å². The molecule has 1 saturated carbocycles. The second kappa shape index (κ2) is 4.61. The first-order valence-electron chi connectivity index (χ1n) is 6.46. The van der Waals surface area contributed by atoms with Crippen molar-refractivity contribution < 1.29 is 13.9 Å². The molecule has 2 rings (SSSR count). The summed E-state index contributed by atoms with van der Waals surface area (Å²) in [6, 6.07) is 3.87. The Kier molecular flexibility index (Phi) is 3.45. The van der Waals surface area contributed by atoms with E-state index in [1.807, 2.05) is 0 Å². The maximum Gasteiger partial charge on any atom is 0.159 e. The number of halogens is 2. The van der Waals surface area contributed by atoms with Gasteiger partial charge in [0.05, 0.1) is 5.60 Å². The molecule has 18 heavy (non-hydrogen) atoms. The molecule has 3 heteroatoms. The van der Waals surface area contributed by atoms with Gasteiger partial charge >= 0.3 is 0 Å². The van der Waals surface area contributed by atoms with E-state index in [9.17, 15) is 13.9 Å². The van der Waals surface area contributed by atoms with Crippen molar-refractivity contribution in [3.05, 3.63) is 35.4 Å². The van der Waals surface area contributed by atoms with Gasteiger partial charge in [-0.1, -0.05) is 19.9 Å². The van der Waals surface area contributed by atoms with Crippen LogP contribution in [0.15, 0.2) is 18.2 Å². The molecule has 0 spiro atoms. The van der Waals surface area contributed by atoms with E-state index in [1.165, 1.54) is 6.07 Å². The third kappa shape index (κ3) is 3.08. The highest BCUT2D eigenvalue weighted by molar-refractivity contribution is 5.20. The highest BCUT2D eigenvalue weighted by atomic mass is 19.2. The van der Waals surface area contributed by atoms with Crippen LogP contribution in [0, 0.1) is 17.0 Å². The molecule has 100 valence electrons. The molecule has 0 atom stereocenters. The van der Waals surface area contributed by atoms with Gasteiger partial charge in [0.2, 0.25) is 0 Å². The quantitative estimate of drug-likeness (QED) is 0.850. The standard InChI is InChI=1S/C15H20F2O/c1-14(2)5-7-15(18,8-6-14)10-11-3-4-12(16)13(17)9-11/h3-4,9,18H,5-8,10H2,1-2H3. The van der Waals surface area contributed by atoms with Gasteiger partial charge in [-0.05, 0) is 48.8 Å². The van der Waals surface area contributed by atoms with Crippen LogP contribution in [-0.2, 0) is 6.42 Å². The Morgan fingerprint density at radius 3 is 2.22 bits per heavy atom. The predicted octanol–water partition coefficient (Wildman–Crippen LogP) is 3.84.